The Bertz CT molecular complexity index is 1080. The number of benzene rings is 2. The van der Waals surface area contributed by atoms with Crippen molar-refractivity contribution in [3.63, 3.8) is 0 Å². The van der Waals surface area contributed by atoms with Crippen LogP contribution in [-0.4, -0.2) is 48.4 Å². The molecule has 0 aliphatic carbocycles. The van der Waals surface area contributed by atoms with Crippen molar-refractivity contribution in [1.82, 2.24) is 15.5 Å². The molecule has 0 spiro atoms. The second-order valence-corrected chi connectivity index (χ2v) is 8.37. The van der Waals surface area contributed by atoms with E-state index in [2.05, 4.69) is 20.4 Å². The second-order valence-electron chi connectivity index (χ2n) is 7.93. The Labute approximate surface area is 199 Å². The molecule has 1 aliphatic rings. The lowest BCUT2D eigenvalue weighted by Crippen LogP contribution is -2.48. The number of nitrogens with one attached hydrogen (secondary N) is 2. The molecule has 2 N–H and O–H groups in total. The monoisotopic (exact) mass is 468 g/mol. The Balaban J connectivity index is 1.41. The maximum atomic E-state index is 12.9. The smallest absolute Gasteiger partial charge is 0.251 e. The Morgan fingerprint density at radius 2 is 1.88 bits per heavy atom. The number of aromatic amines is 1. The maximum absolute atomic E-state index is 12.9. The minimum atomic E-state index is -0.116. The average Bonchev–Trinajstić information content (AvgIpc) is 3.31. The van der Waals surface area contributed by atoms with Crippen LogP contribution in [0.25, 0.3) is 11.3 Å². The quantitative estimate of drug-likeness (QED) is 0.490. The van der Waals surface area contributed by atoms with Crippen LogP contribution >= 0.6 is 11.6 Å². The standard InChI is InChI=1S/C25H29ClN4O3/c1-3-32-22-12-9-18(14-23(22)33-4-2)25(31)27-20-6-5-13-30(16-20)24-15-21(28-29-24)17-7-10-19(26)11-8-17/h7-12,14-15,20H,3-6,13,16H2,1-2H3,(H,27,31)(H,28,29)/t20-/m1/s1. The van der Waals surface area contributed by atoms with E-state index in [1.807, 2.05) is 44.2 Å². The first kappa shape index (κ1) is 23.0. The lowest BCUT2D eigenvalue weighted by molar-refractivity contribution is 0.0932. The molecule has 8 heteroatoms. The van der Waals surface area contributed by atoms with Crippen LogP contribution in [0.1, 0.15) is 37.0 Å². The number of H-pyrrole nitrogens is 1. The van der Waals surface area contributed by atoms with Crippen LogP contribution in [0.3, 0.4) is 0 Å². The average molecular weight is 469 g/mol. The number of hydrogen-bond donors (Lipinski definition) is 2. The van der Waals surface area contributed by atoms with Gasteiger partial charge in [0.2, 0.25) is 0 Å². The van der Waals surface area contributed by atoms with Gasteiger partial charge in [0.15, 0.2) is 17.3 Å². The lowest BCUT2D eigenvalue weighted by atomic mass is 10.0. The first-order chi connectivity index (χ1) is 16.1. The summed E-state index contributed by atoms with van der Waals surface area (Å²) in [5.41, 5.74) is 2.52. The largest absolute Gasteiger partial charge is 0.490 e. The first-order valence-corrected chi connectivity index (χ1v) is 11.7. The van der Waals surface area contributed by atoms with E-state index in [9.17, 15) is 4.79 Å². The third-order valence-corrected chi connectivity index (χ3v) is 5.86. The van der Waals surface area contributed by atoms with Crippen molar-refractivity contribution < 1.29 is 14.3 Å². The minimum absolute atomic E-state index is 0.0315. The number of amides is 1. The topological polar surface area (TPSA) is 79.5 Å². The highest BCUT2D eigenvalue weighted by Gasteiger charge is 2.24. The van der Waals surface area contributed by atoms with Gasteiger partial charge < -0.3 is 19.7 Å². The van der Waals surface area contributed by atoms with Crippen LogP contribution in [-0.2, 0) is 0 Å². The summed E-state index contributed by atoms with van der Waals surface area (Å²) >= 11 is 5.99. The van der Waals surface area contributed by atoms with Gasteiger partial charge in [-0.3, -0.25) is 9.89 Å². The van der Waals surface area contributed by atoms with Crippen molar-refractivity contribution in [3.8, 4) is 22.8 Å². The van der Waals surface area contributed by atoms with Crippen LogP contribution in [0, 0.1) is 0 Å². The number of nitrogens with zero attached hydrogens (tertiary/aromatic N) is 2. The van der Waals surface area contributed by atoms with E-state index in [0.717, 1.165) is 36.5 Å². The van der Waals surface area contributed by atoms with E-state index >= 15 is 0 Å². The van der Waals surface area contributed by atoms with E-state index in [0.29, 0.717) is 41.8 Å². The van der Waals surface area contributed by atoms with Crippen LogP contribution < -0.4 is 19.7 Å². The van der Waals surface area contributed by atoms with Crippen molar-refractivity contribution >= 4 is 23.3 Å². The Kier molecular flexibility index (Phi) is 7.40. The molecular formula is C25H29ClN4O3. The van der Waals surface area contributed by atoms with Crippen molar-refractivity contribution in [2.75, 3.05) is 31.2 Å². The zero-order chi connectivity index (χ0) is 23.2. The molecule has 1 atom stereocenters. The zero-order valence-corrected chi connectivity index (χ0v) is 19.7. The number of piperidine rings is 1. The molecule has 33 heavy (non-hydrogen) atoms. The van der Waals surface area contributed by atoms with Gasteiger partial charge in [-0.25, -0.2) is 0 Å². The number of rotatable bonds is 8. The molecule has 0 saturated carbocycles. The van der Waals surface area contributed by atoms with E-state index in [-0.39, 0.29) is 11.9 Å². The van der Waals surface area contributed by atoms with E-state index in [4.69, 9.17) is 21.1 Å². The summed E-state index contributed by atoms with van der Waals surface area (Å²) in [6.45, 7) is 6.47. The lowest BCUT2D eigenvalue weighted by Gasteiger charge is -2.33. The number of carbonyl (C=O) groups excluding carboxylic acids is 1. The first-order valence-electron chi connectivity index (χ1n) is 11.3. The Hall–Kier alpha value is -3.19. The summed E-state index contributed by atoms with van der Waals surface area (Å²) in [6.07, 6.45) is 1.90. The summed E-state index contributed by atoms with van der Waals surface area (Å²) in [5.74, 6) is 1.99. The third kappa shape index (κ3) is 5.60. The van der Waals surface area contributed by atoms with Gasteiger partial charge in [0.25, 0.3) is 5.91 Å². The number of anilines is 1. The van der Waals surface area contributed by atoms with E-state index < -0.39 is 0 Å². The summed E-state index contributed by atoms with van der Waals surface area (Å²) < 4.78 is 11.3. The van der Waals surface area contributed by atoms with Crippen molar-refractivity contribution in [1.29, 1.82) is 0 Å². The molecule has 3 aromatic rings. The fourth-order valence-electron chi connectivity index (χ4n) is 4.01. The summed E-state index contributed by atoms with van der Waals surface area (Å²) in [4.78, 5) is 15.1. The number of hydrogen-bond acceptors (Lipinski definition) is 5. The molecule has 1 saturated heterocycles. The molecule has 1 aliphatic heterocycles. The molecule has 2 aromatic carbocycles. The van der Waals surface area contributed by atoms with Gasteiger partial charge in [0.1, 0.15) is 0 Å². The minimum Gasteiger partial charge on any atom is -0.490 e. The van der Waals surface area contributed by atoms with Gasteiger partial charge in [0.05, 0.1) is 18.9 Å². The molecule has 0 radical (unpaired) electrons. The fourth-order valence-corrected chi connectivity index (χ4v) is 4.14. The maximum Gasteiger partial charge on any atom is 0.251 e. The van der Waals surface area contributed by atoms with Crippen LogP contribution in [0.5, 0.6) is 11.5 Å². The molecule has 174 valence electrons. The zero-order valence-electron chi connectivity index (χ0n) is 18.9. The molecule has 7 nitrogen and oxygen atoms in total. The van der Waals surface area contributed by atoms with Gasteiger partial charge >= 0.3 is 0 Å². The number of halogens is 1. The summed E-state index contributed by atoms with van der Waals surface area (Å²) in [5, 5.41) is 11.5. The molecule has 0 bridgehead atoms. The third-order valence-electron chi connectivity index (χ3n) is 5.61. The molecule has 1 fully saturated rings. The van der Waals surface area contributed by atoms with Gasteiger partial charge in [-0.15, -0.1) is 0 Å². The van der Waals surface area contributed by atoms with E-state index in [1.165, 1.54) is 0 Å². The highest BCUT2D eigenvalue weighted by atomic mass is 35.5. The van der Waals surface area contributed by atoms with Gasteiger partial charge in [-0.05, 0) is 62.6 Å². The summed E-state index contributed by atoms with van der Waals surface area (Å²) in [6, 6.07) is 15.0. The molecule has 1 aromatic heterocycles. The highest BCUT2D eigenvalue weighted by Crippen LogP contribution is 2.29. The van der Waals surface area contributed by atoms with Crippen LogP contribution in [0.2, 0.25) is 5.02 Å². The van der Waals surface area contributed by atoms with Gasteiger partial charge in [-0.1, -0.05) is 23.7 Å². The van der Waals surface area contributed by atoms with Crippen molar-refractivity contribution in [2.24, 2.45) is 0 Å². The predicted octanol–water partition coefficient (Wildman–Crippen LogP) is 4.93. The van der Waals surface area contributed by atoms with Crippen molar-refractivity contribution in [2.45, 2.75) is 32.7 Å². The molecule has 0 unspecified atom stereocenters. The molecule has 4 rings (SSSR count). The SMILES string of the molecule is CCOc1ccc(C(=O)N[C@@H]2CCCN(c3cc(-c4ccc(Cl)cc4)[nH]n3)C2)cc1OCC. The van der Waals surface area contributed by atoms with Gasteiger partial charge in [-0.2, -0.15) is 5.10 Å². The van der Waals surface area contributed by atoms with Crippen LogP contribution in [0.15, 0.2) is 48.5 Å². The van der Waals surface area contributed by atoms with Gasteiger partial charge in [0, 0.05) is 35.8 Å². The molecular weight excluding hydrogens is 440 g/mol. The van der Waals surface area contributed by atoms with Crippen molar-refractivity contribution in [3.05, 3.63) is 59.1 Å². The highest BCUT2D eigenvalue weighted by molar-refractivity contribution is 6.30. The van der Waals surface area contributed by atoms with E-state index in [1.54, 1.807) is 18.2 Å². The number of ether oxygens (including phenoxy) is 2. The molecule has 2 heterocycles. The second kappa shape index (κ2) is 10.6. The number of carbonyl (C=O) groups is 1. The molecule has 1 amide bonds. The Morgan fingerprint density at radius 3 is 2.64 bits per heavy atom. The number of aromatic nitrogens is 2. The predicted molar refractivity (Wildman–Crippen MR) is 131 cm³/mol. The normalized spacial score (nSPS) is 15.8. The fraction of sp³-hybridized carbons (Fsp3) is 0.360. The Morgan fingerprint density at radius 1 is 1.12 bits per heavy atom. The summed E-state index contributed by atoms with van der Waals surface area (Å²) in [7, 11) is 0. The van der Waals surface area contributed by atoms with Crippen LogP contribution in [0.4, 0.5) is 5.82 Å².